The molecule has 2 heteroatoms. The summed E-state index contributed by atoms with van der Waals surface area (Å²) in [4.78, 5) is 0. The first-order valence-corrected chi connectivity index (χ1v) is 8.34. The highest BCUT2D eigenvalue weighted by atomic mass is 16.5. The van der Waals surface area contributed by atoms with E-state index in [2.05, 4.69) is 26.1 Å². The molecule has 0 saturated heterocycles. The predicted molar refractivity (Wildman–Crippen MR) is 81.4 cm³/mol. The van der Waals surface area contributed by atoms with Crippen LogP contribution in [0.15, 0.2) is 0 Å². The van der Waals surface area contributed by atoms with E-state index in [1.54, 1.807) is 0 Å². The number of rotatable bonds is 5. The highest BCUT2D eigenvalue weighted by Crippen LogP contribution is 2.40. The van der Waals surface area contributed by atoms with E-state index in [1.165, 1.54) is 51.4 Å². The van der Waals surface area contributed by atoms with Crippen LogP contribution in [0.3, 0.4) is 0 Å². The SMILES string of the molecule is CCC(C)(C)C1CCC(NC2CCC(OC)C2)CC1. The molecule has 2 fully saturated rings. The van der Waals surface area contributed by atoms with Gasteiger partial charge in [-0.15, -0.1) is 0 Å². The molecule has 0 aromatic carbocycles. The largest absolute Gasteiger partial charge is 0.381 e. The summed E-state index contributed by atoms with van der Waals surface area (Å²) in [6.45, 7) is 7.24. The Morgan fingerprint density at radius 2 is 1.63 bits per heavy atom. The lowest BCUT2D eigenvalue weighted by Gasteiger charge is -2.39. The van der Waals surface area contributed by atoms with Crippen molar-refractivity contribution in [1.29, 1.82) is 0 Å². The lowest BCUT2D eigenvalue weighted by Crippen LogP contribution is -2.41. The number of ether oxygens (including phenoxy) is 1. The first-order chi connectivity index (χ1) is 9.05. The van der Waals surface area contributed by atoms with Crippen LogP contribution in [0.1, 0.15) is 72.1 Å². The Kier molecular flexibility index (Phi) is 5.30. The van der Waals surface area contributed by atoms with Gasteiger partial charge in [0.2, 0.25) is 0 Å². The van der Waals surface area contributed by atoms with E-state index in [-0.39, 0.29) is 0 Å². The van der Waals surface area contributed by atoms with Gasteiger partial charge in [-0.25, -0.2) is 0 Å². The number of hydrogen-bond acceptors (Lipinski definition) is 2. The monoisotopic (exact) mass is 267 g/mol. The Labute approximate surface area is 119 Å². The van der Waals surface area contributed by atoms with Crippen LogP contribution in [0, 0.1) is 11.3 Å². The van der Waals surface area contributed by atoms with Crippen LogP contribution in [-0.2, 0) is 4.74 Å². The van der Waals surface area contributed by atoms with Gasteiger partial charge in [0.1, 0.15) is 0 Å². The molecule has 0 amide bonds. The Morgan fingerprint density at radius 3 is 2.16 bits per heavy atom. The molecule has 0 aromatic heterocycles. The third-order valence-corrected chi connectivity index (χ3v) is 5.93. The van der Waals surface area contributed by atoms with Crippen molar-refractivity contribution < 1.29 is 4.74 Å². The van der Waals surface area contributed by atoms with E-state index < -0.39 is 0 Å². The van der Waals surface area contributed by atoms with Crippen molar-refractivity contribution in [2.24, 2.45) is 11.3 Å². The molecule has 0 aromatic rings. The molecule has 2 unspecified atom stereocenters. The van der Waals surface area contributed by atoms with Crippen LogP contribution < -0.4 is 5.32 Å². The summed E-state index contributed by atoms with van der Waals surface area (Å²) >= 11 is 0. The quantitative estimate of drug-likeness (QED) is 0.808. The molecule has 19 heavy (non-hydrogen) atoms. The van der Waals surface area contributed by atoms with Gasteiger partial charge in [0.05, 0.1) is 6.10 Å². The fourth-order valence-electron chi connectivity index (χ4n) is 3.97. The second-order valence-corrected chi connectivity index (χ2v) is 7.43. The molecule has 2 saturated carbocycles. The van der Waals surface area contributed by atoms with Gasteiger partial charge in [0.15, 0.2) is 0 Å². The molecule has 2 nitrogen and oxygen atoms in total. The average Bonchev–Trinajstić information content (AvgIpc) is 2.87. The third kappa shape index (κ3) is 3.95. The zero-order chi connectivity index (χ0) is 13.9. The lowest BCUT2D eigenvalue weighted by molar-refractivity contribution is 0.104. The Morgan fingerprint density at radius 1 is 1.00 bits per heavy atom. The van der Waals surface area contributed by atoms with Crippen LogP contribution in [-0.4, -0.2) is 25.3 Å². The molecule has 2 rings (SSSR count). The fourth-order valence-corrected chi connectivity index (χ4v) is 3.97. The number of methoxy groups -OCH3 is 1. The third-order valence-electron chi connectivity index (χ3n) is 5.93. The highest BCUT2D eigenvalue weighted by Gasteiger charge is 2.33. The molecule has 1 N–H and O–H groups in total. The van der Waals surface area contributed by atoms with E-state index >= 15 is 0 Å². The molecule has 0 spiro atoms. The smallest absolute Gasteiger partial charge is 0.0586 e. The molecular weight excluding hydrogens is 234 g/mol. The number of nitrogens with one attached hydrogen (secondary N) is 1. The van der Waals surface area contributed by atoms with Crippen LogP contribution in [0.2, 0.25) is 0 Å². The van der Waals surface area contributed by atoms with E-state index in [1.807, 2.05) is 7.11 Å². The van der Waals surface area contributed by atoms with Gasteiger partial charge >= 0.3 is 0 Å². The van der Waals surface area contributed by atoms with E-state index in [0.29, 0.717) is 17.6 Å². The number of hydrogen-bond donors (Lipinski definition) is 1. The minimum atomic E-state index is 0.507. The molecule has 2 atom stereocenters. The van der Waals surface area contributed by atoms with Crippen LogP contribution in [0.5, 0.6) is 0 Å². The maximum Gasteiger partial charge on any atom is 0.0586 e. The minimum Gasteiger partial charge on any atom is -0.381 e. The summed E-state index contributed by atoms with van der Waals surface area (Å²) in [5.74, 6) is 0.936. The Balaban J connectivity index is 1.72. The van der Waals surface area contributed by atoms with Crippen molar-refractivity contribution in [3.63, 3.8) is 0 Å². The average molecular weight is 267 g/mol. The summed E-state index contributed by atoms with van der Waals surface area (Å²) in [6, 6.07) is 1.48. The standard InChI is InChI=1S/C17H33NO/c1-5-17(2,3)13-6-8-14(9-7-13)18-15-10-11-16(12-15)19-4/h13-16,18H,5-12H2,1-4H3. The van der Waals surface area contributed by atoms with Crippen LogP contribution >= 0.6 is 0 Å². The van der Waals surface area contributed by atoms with Gasteiger partial charge in [-0.3, -0.25) is 0 Å². The molecule has 2 aliphatic carbocycles. The normalized spacial score (nSPS) is 36.6. The van der Waals surface area contributed by atoms with Crippen molar-refractivity contribution in [2.45, 2.75) is 90.3 Å². The van der Waals surface area contributed by atoms with Crippen molar-refractivity contribution in [1.82, 2.24) is 5.32 Å². The van der Waals surface area contributed by atoms with Gasteiger partial charge in [-0.2, -0.15) is 0 Å². The van der Waals surface area contributed by atoms with E-state index in [0.717, 1.165) is 12.0 Å². The topological polar surface area (TPSA) is 21.3 Å². The fraction of sp³-hybridized carbons (Fsp3) is 1.00. The van der Waals surface area contributed by atoms with E-state index in [9.17, 15) is 0 Å². The zero-order valence-corrected chi connectivity index (χ0v) is 13.4. The van der Waals surface area contributed by atoms with Crippen molar-refractivity contribution in [3.05, 3.63) is 0 Å². The zero-order valence-electron chi connectivity index (χ0n) is 13.4. The van der Waals surface area contributed by atoms with Crippen molar-refractivity contribution >= 4 is 0 Å². The summed E-state index contributed by atoms with van der Waals surface area (Å²) < 4.78 is 5.47. The predicted octanol–water partition coefficient (Wildman–Crippen LogP) is 4.14. The highest BCUT2D eigenvalue weighted by molar-refractivity contribution is 4.88. The summed E-state index contributed by atoms with van der Waals surface area (Å²) in [5, 5.41) is 3.89. The molecule has 2 aliphatic rings. The molecule has 0 radical (unpaired) electrons. The first-order valence-electron chi connectivity index (χ1n) is 8.34. The maximum atomic E-state index is 5.47. The summed E-state index contributed by atoms with van der Waals surface area (Å²) in [5.41, 5.74) is 0.541. The van der Waals surface area contributed by atoms with Crippen LogP contribution in [0.4, 0.5) is 0 Å². The summed E-state index contributed by atoms with van der Waals surface area (Å²) in [6.07, 6.45) is 11.2. The van der Waals surface area contributed by atoms with Gasteiger partial charge in [-0.1, -0.05) is 27.2 Å². The van der Waals surface area contributed by atoms with Crippen molar-refractivity contribution in [3.8, 4) is 0 Å². The van der Waals surface area contributed by atoms with E-state index in [4.69, 9.17) is 4.74 Å². The summed E-state index contributed by atoms with van der Waals surface area (Å²) in [7, 11) is 1.85. The second kappa shape index (κ2) is 6.58. The molecule has 0 bridgehead atoms. The molecule has 0 aliphatic heterocycles. The second-order valence-electron chi connectivity index (χ2n) is 7.43. The lowest BCUT2D eigenvalue weighted by atomic mass is 9.69. The molecular formula is C17H33NO. The molecule has 112 valence electrons. The van der Waals surface area contributed by atoms with Crippen LogP contribution in [0.25, 0.3) is 0 Å². The van der Waals surface area contributed by atoms with Gasteiger partial charge in [0.25, 0.3) is 0 Å². The Hall–Kier alpha value is -0.0800. The molecule has 0 heterocycles. The van der Waals surface area contributed by atoms with Gasteiger partial charge in [0, 0.05) is 19.2 Å². The maximum absolute atomic E-state index is 5.47. The first kappa shape index (κ1) is 15.3. The minimum absolute atomic E-state index is 0.507. The van der Waals surface area contributed by atoms with Crippen molar-refractivity contribution in [2.75, 3.05) is 7.11 Å². The van der Waals surface area contributed by atoms with Gasteiger partial charge < -0.3 is 10.1 Å². The van der Waals surface area contributed by atoms with Gasteiger partial charge in [-0.05, 0) is 56.3 Å². The Bertz CT molecular complexity index is 268.